The number of hydrogen-bond acceptors (Lipinski definition) is 3. The van der Waals surface area contributed by atoms with Crippen LogP contribution in [0.2, 0.25) is 0 Å². The van der Waals surface area contributed by atoms with Gasteiger partial charge in [0.15, 0.2) is 5.82 Å². The molecule has 3 N–H and O–H groups in total. The van der Waals surface area contributed by atoms with Gasteiger partial charge in [-0.2, -0.15) is 5.10 Å². The molecule has 0 unspecified atom stereocenters. The zero-order valence-electron chi connectivity index (χ0n) is 9.46. The van der Waals surface area contributed by atoms with Gasteiger partial charge in [-0.1, -0.05) is 13.3 Å². The third kappa shape index (κ3) is 2.65. The summed E-state index contributed by atoms with van der Waals surface area (Å²) in [6, 6.07) is 0. The number of aryl methyl sites for hydroxylation is 1. The Kier molecular flexibility index (Phi) is 3.03. The monoisotopic (exact) mass is 196 g/mol. The van der Waals surface area contributed by atoms with Gasteiger partial charge in [0, 0.05) is 18.8 Å². The lowest BCUT2D eigenvalue weighted by molar-refractivity contribution is 0.508. The molecule has 0 saturated carbocycles. The minimum atomic E-state index is 0.0528. The Bertz CT molecular complexity index is 301. The summed E-state index contributed by atoms with van der Waals surface area (Å²) in [4.78, 5) is 0. The normalized spacial score (nSPS) is 11.7. The first kappa shape index (κ1) is 10.9. The Morgan fingerprint density at radius 1 is 1.57 bits per heavy atom. The van der Waals surface area contributed by atoms with E-state index in [4.69, 9.17) is 5.73 Å². The molecule has 0 aliphatic heterocycles. The summed E-state index contributed by atoms with van der Waals surface area (Å²) in [6.45, 7) is 6.49. The molecule has 4 heteroatoms. The van der Waals surface area contributed by atoms with Crippen LogP contribution in [0.1, 0.15) is 33.6 Å². The van der Waals surface area contributed by atoms with Crippen molar-refractivity contribution in [2.75, 3.05) is 11.1 Å². The Balaban J connectivity index is 2.72. The fraction of sp³-hybridized carbons (Fsp3) is 0.700. The number of aromatic nitrogens is 2. The summed E-state index contributed by atoms with van der Waals surface area (Å²) in [7, 11) is 1.87. The summed E-state index contributed by atoms with van der Waals surface area (Å²) in [5.74, 6) is 0.783. The Morgan fingerprint density at radius 2 is 2.21 bits per heavy atom. The summed E-state index contributed by atoms with van der Waals surface area (Å²) < 4.78 is 1.72. The van der Waals surface area contributed by atoms with Crippen molar-refractivity contribution in [1.82, 2.24) is 9.78 Å². The van der Waals surface area contributed by atoms with E-state index in [9.17, 15) is 0 Å². The first-order valence-electron chi connectivity index (χ1n) is 5.02. The van der Waals surface area contributed by atoms with Gasteiger partial charge in [-0.05, 0) is 20.3 Å². The zero-order valence-corrected chi connectivity index (χ0v) is 9.46. The average molecular weight is 196 g/mol. The molecule has 0 spiro atoms. The second kappa shape index (κ2) is 3.90. The molecule has 0 fully saturated rings. The number of nitrogens with one attached hydrogen (secondary N) is 1. The summed E-state index contributed by atoms with van der Waals surface area (Å²) in [5.41, 5.74) is 6.56. The number of rotatable bonds is 4. The molecular formula is C10H20N4. The van der Waals surface area contributed by atoms with Crippen LogP contribution in [-0.4, -0.2) is 15.3 Å². The lowest BCUT2D eigenvalue weighted by Gasteiger charge is -2.25. The fourth-order valence-electron chi connectivity index (χ4n) is 1.61. The first-order chi connectivity index (χ1) is 6.44. The van der Waals surface area contributed by atoms with Crippen LogP contribution in [0, 0.1) is 0 Å². The molecule has 0 saturated heterocycles. The molecule has 0 radical (unpaired) electrons. The molecule has 0 bridgehead atoms. The third-order valence-electron chi connectivity index (χ3n) is 2.19. The number of nitrogens with two attached hydrogens (primary N) is 1. The van der Waals surface area contributed by atoms with E-state index in [0.29, 0.717) is 5.69 Å². The minimum absolute atomic E-state index is 0.0528. The third-order valence-corrected chi connectivity index (χ3v) is 2.19. The van der Waals surface area contributed by atoms with Crippen LogP contribution in [0.4, 0.5) is 11.5 Å². The maximum absolute atomic E-state index is 5.80. The summed E-state index contributed by atoms with van der Waals surface area (Å²) in [6.07, 6.45) is 4.06. The highest BCUT2D eigenvalue weighted by molar-refractivity contribution is 5.60. The number of anilines is 2. The highest BCUT2D eigenvalue weighted by Crippen LogP contribution is 2.22. The van der Waals surface area contributed by atoms with Gasteiger partial charge in [-0.25, -0.2) is 0 Å². The Hall–Kier alpha value is -1.19. The molecule has 0 aromatic carbocycles. The van der Waals surface area contributed by atoms with Crippen molar-refractivity contribution in [2.24, 2.45) is 7.05 Å². The molecule has 1 heterocycles. The van der Waals surface area contributed by atoms with E-state index in [0.717, 1.165) is 18.7 Å². The lowest BCUT2D eigenvalue weighted by atomic mass is 9.99. The predicted octanol–water partition coefficient (Wildman–Crippen LogP) is 1.99. The van der Waals surface area contributed by atoms with Crippen molar-refractivity contribution < 1.29 is 0 Å². The van der Waals surface area contributed by atoms with Crippen LogP contribution in [0.15, 0.2) is 6.20 Å². The highest BCUT2D eigenvalue weighted by atomic mass is 15.3. The molecule has 80 valence electrons. The molecule has 4 nitrogen and oxygen atoms in total. The van der Waals surface area contributed by atoms with Gasteiger partial charge in [0.25, 0.3) is 0 Å². The van der Waals surface area contributed by atoms with Crippen molar-refractivity contribution >= 4 is 11.5 Å². The number of hydrogen-bond donors (Lipinski definition) is 2. The van der Waals surface area contributed by atoms with Crippen LogP contribution in [0.3, 0.4) is 0 Å². The molecule has 0 amide bonds. The van der Waals surface area contributed by atoms with E-state index in [1.807, 2.05) is 13.2 Å². The van der Waals surface area contributed by atoms with Crippen molar-refractivity contribution in [2.45, 2.75) is 39.2 Å². The van der Waals surface area contributed by atoms with Crippen LogP contribution in [0.5, 0.6) is 0 Å². The van der Waals surface area contributed by atoms with Gasteiger partial charge in [0.1, 0.15) is 0 Å². The second-order valence-electron chi connectivity index (χ2n) is 4.37. The molecule has 14 heavy (non-hydrogen) atoms. The maximum Gasteiger partial charge on any atom is 0.171 e. The van der Waals surface area contributed by atoms with Gasteiger partial charge in [0.05, 0.1) is 5.69 Å². The van der Waals surface area contributed by atoms with Gasteiger partial charge in [-0.15, -0.1) is 0 Å². The topological polar surface area (TPSA) is 55.9 Å². The van der Waals surface area contributed by atoms with E-state index >= 15 is 0 Å². The van der Waals surface area contributed by atoms with E-state index < -0.39 is 0 Å². The predicted molar refractivity (Wildman–Crippen MR) is 60.2 cm³/mol. The van der Waals surface area contributed by atoms with Crippen molar-refractivity contribution in [1.29, 1.82) is 0 Å². The van der Waals surface area contributed by atoms with Gasteiger partial charge < -0.3 is 11.1 Å². The summed E-state index contributed by atoms with van der Waals surface area (Å²) in [5, 5.41) is 7.61. The van der Waals surface area contributed by atoms with Crippen LogP contribution in [0.25, 0.3) is 0 Å². The molecule has 1 rings (SSSR count). The van der Waals surface area contributed by atoms with Crippen molar-refractivity contribution in [3.8, 4) is 0 Å². The number of nitrogens with zero attached hydrogens (tertiary/aromatic N) is 2. The quantitative estimate of drug-likeness (QED) is 0.774. The fourth-order valence-corrected chi connectivity index (χ4v) is 1.61. The SMILES string of the molecule is CCCC(C)(C)Nc1nn(C)cc1N. The largest absolute Gasteiger partial charge is 0.394 e. The van der Waals surface area contributed by atoms with Crippen molar-refractivity contribution in [3.05, 3.63) is 6.20 Å². The van der Waals surface area contributed by atoms with E-state index in [-0.39, 0.29) is 5.54 Å². The highest BCUT2D eigenvalue weighted by Gasteiger charge is 2.18. The number of nitrogen functional groups attached to an aromatic ring is 1. The second-order valence-corrected chi connectivity index (χ2v) is 4.37. The van der Waals surface area contributed by atoms with E-state index in [1.54, 1.807) is 4.68 Å². The standard InChI is InChI=1S/C10H20N4/c1-5-6-10(2,3)12-9-8(11)7-14(4)13-9/h7H,5-6,11H2,1-4H3,(H,12,13). The Morgan fingerprint density at radius 3 is 2.64 bits per heavy atom. The van der Waals surface area contributed by atoms with Crippen LogP contribution in [-0.2, 0) is 7.05 Å². The van der Waals surface area contributed by atoms with Crippen LogP contribution >= 0.6 is 0 Å². The average Bonchev–Trinajstić information content (AvgIpc) is 2.28. The molecule has 0 atom stereocenters. The first-order valence-corrected chi connectivity index (χ1v) is 5.02. The van der Waals surface area contributed by atoms with E-state index in [2.05, 4.69) is 31.2 Å². The van der Waals surface area contributed by atoms with Gasteiger partial charge >= 0.3 is 0 Å². The molecule has 0 aliphatic rings. The van der Waals surface area contributed by atoms with Crippen molar-refractivity contribution in [3.63, 3.8) is 0 Å². The zero-order chi connectivity index (χ0) is 10.8. The lowest BCUT2D eigenvalue weighted by Crippen LogP contribution is -2.31. The smallest absolute Gasteiger partial charge is 0.171 e. The molecular weight excluding hydrogens is 176 g/mol. The van der Waals surface area contributed by atoms with Gasteiger partial charge in [0.2, 0.25) is 0 Å². The summed E-state index contributed by atoms with van der Waals surface area (Å²) >= 11 is 0. The Labute approximate surface area is 85.5 Å². The van der Waals surface area contributed by atoms with Crippen LogP contribution < -0.4 is 11.1 Å². The van der Waals surface area contributed by atoms with Gasteiger partial charge in [-0.3, -0.25) is 4.68 Å². The van der Waals surface area contributed by atoms with E-state index in [1.165, 1.54) is 0 Å². The molecule has 1 aromatic rings. The maximum atomic E-state index is 5.80. The molecule has 1 aromatic heterocycles. The molecule has 0 aliphatic carbocycles. The minimum Gasteiger partial charge on any atom is -0.394 e.